The summed E-state index contributed by atoms with van der Waals surface area (Å²) in [5.74, 6) is 0. The average molecular weight is 692 g/mol. The molecule has 0 spiro atoms. The molecule has 6 rings (SSSR count). The summed E-state index contributed by atoms with van der Waals surface area (Å²) in [5.41, 5.74) is 5.83. The van der Waals surface area contributed by atoms with E-state index in [1.165, 1.54) is 193 Å². The zero-order chi connectivity index (χ0) is 28.2. The number of hydrogen-bond acceptors (Lipinski definition) is 0. The van der Waals surface area contributed by atoms with Crippen LogP contribution in [-0.2, 0) is 9.74 Å². The van der Waals surface area contributed by atoms with E-state index in [0.717, 1.165) is 34.0 Å². The maximum atomic E-state index is 9.16. The molecule has 5 heteroatoms. The molecular weight excluding hydrogens is 624 g/mol. The fourth-order valence-electron chi connectivity index (χ4n) is 12.4. The van der Waals surface area contributed by atoms with Gasteiger partial charge in [-0.2, -0.15) is 0 Å². The number of rotatable bonds is 8. The summed E-state index contributed by atoms with van der Waals surface area (Å²) < 4.78 is 0. The molecule has 246 valence electrons. The molecule has 0 aromatic rings. The Morgan fingerprint density at radius 1 is 0.268 bits per heavy atom. The molecule has 0 aromatic heterocycles. The van der Waals surface area contributed by atoms with Crippen molar-refractivity contribution in [2.24, 2.45) is 0 Å². The summed E-state index contributed by atoms with van der Waals surface area (Å²) >= 11 is 0. The Morgan fingerprint density at radius 2 is 0.415 bits per heavy atom. The zero-order valence-corrected chi connectivity index (χ0v) is 31.2. The summed E-state index contributed by atoms with van der Waals surface area (Å²) in [7, 11) is 16.5. The molecule has 0 radical (unpaired) electrons. The Labute approximate surface area is 267 Å². The minimum absolute atomic E-state index is 0.972. The van der Waals surface area contributed by atoms with Crippen LogP contribution in [0.5, 0.6) is 0 Å². The first kappa shape index (κ1) is 32.9. The number of halogens is 2. The van der Waals surface area contributed by atoms with Gasteiger partial charge in [0.15, 0.2) is 0 Å². The molecule has 0 unspecified atom stereocenters. The first-order valence-electron chi connectivity index (χ1n) is 19.2. The summed E-state index contributed by atoms with van der Waals surface area (Å²) in [6, 6.07) is -4.04. The van der Waals surface area contributed by atoms with Gasteiger partial charge in [0, 0.05) is 0 Å². The van der Waals surface area contributed by atoms with Crippen LogP contribution in [0.3, 0.4) is 0 Å². The van der Waals surface area contributed by atoms with E-state index in [1.54, 1.807) is 0 Å². The van der Waals surface area contributed by atoms with Crippen LogP contribution >= 0.6 is 32.5 Å². The van der Waals surface area contributed by atoms with Gasteiger partial charge in [0.25, 0.3) is 0 Å². The fraction of sp³-hybridized carbons (Fsp3) is 1.00. The van der Waals surface area contributed by atoms with Crippen LogP contribution in [0.25, 0.3) is 0 Å². The Kier molecular flexibility index (Phi) is 12.2. The Hall–Kier alpha value is 1.93. The molecule has 6 fully saturated rings. The van der Waals surface area contributed by atoms with Gasteiger partial charge in [-0.05, 0) is 0 Å². The van der Waals surface area contributed by atoms with E-state index in [2.05, 4.69) is 0 Å². The van der Waals surface area contributed by atoms with E-state index in [4.69, 9.17) is 20.4 Å². The maximum absolute atomic E-state index is 9.16. The van der Waals surface area contributed by atoms with Crippen molar-refractivity contribution in [3.05, 3.63) is 0 Å². The van der Waals surface area contributed by atoms with Gasteiger partial charge in [0.05, 0.1) is 0 Å². The van der Waals surface area contributed by atoms with E-state index in [0.29, 0.717) is 0 Å². The summed E-state index contributed by atoms with van der Waals surface area (Å²) in [6.45, 7) is 0. The third-order valence-electron chi connectivity index (χ3n) is 13.9. The van der Waals surface area contributed by atoms with Gasteiger partial charge in [-0.1, -0.05) is 0 Å². The first-order valence-corrected chi connectivity index (χ1v) is 29.0. The van der Waals surface area contributed by atoms with E-state index in [9.17, 15) is 0 Å². The van der Waals surface area contributed by atoms with Gasteiger partial charge >= 0.3 is 269 Å². The van der Waals surface area contributed by atoms with E-state index < -0.39 is 21.8 Å². The van der Waals surface area contributed by atoms with Crippen LogP contribution in [0, 0.1) is 0 Å². The predicted molar refractivity (Wildman–Crippen MR) is 190 cm³/mol. The molecule has 41 heavy (non-hydrogen) atoms. The van der Waals surface area contributed by atoms with Gasteiger partial charge in [-0.3, -0.25) is 0 Å². The Balaban J connectivity index is 1.58. The average Bonchev–Trinajstić information content (AvgIpc) is 3.05. The molecule has 6 aliphatic carbocycles. The van der Waals surface area contributed by atoms with Crippen molar-refractivity contribution in [1.29, 1.82) is 0 Å². The van der Waals surface area contributed by atoms with Crippen LogP contribution in [-0.4, -0.2) is 34.0 Å². The quantitative estimate of drug-likeness (QED) is 0.176. The molecule has 0 aliphatic heterocycles. The normalized spacial score (nSPS) is 30.3. The second kappa shape index (κ2) is 15.2. The van der Waals surface area contributed by atoms with Crippen molar-refractivity contribution in [2.45, 2.75) is 227 Å². The Bertz CT molecular complexity index is 628. The van der Waals surface area contributed by atoms with Crippen molar-refractivity contribution in [2.75, 3.05) is 0 Å². The second-order valence-electron chi connectivity index (χ2n) is 15.9. The molecular formula is C36H68Cl2NiP2. The molecule has 0 atom stereocenters. The SMILES string of the molecule is [Cl][Ni]([Cl])([PH](C1CCCCC1)(C1CCCCC1)C1CCCCC1)[PH](C1CCCCC1)(C1CCCCC1)C1CCCCC1. The van der Waals surface area contributed by atoms with Gasteiger partial charge in [0.2, 0.25) is 0 Å². The van der Waals surface area contributed by atoms with Gasteiger partial charge < -0.3 is 0 Å². The van der Waals surface area contributed by atoms with E-state index in [-0.39, 0.29) is 0 Å². The van der Waals surface area contributed by atoms with Crippen LogP contribution in [0.1, 0.15) is 193 Å². The van der Waals surface area contributed by atoms with Crippen LogP contribution in [0.2, 0.25) is 0 Å². The summed E-state index contributed by atoms with van der Waals surface area (Å²) in [5, 5.41) is 0. The number of hydrogen-bond donors (Lipinski definition) is 0. The third-order valence-corrected chi connectivity index (χ3v) is 56.7. The fourth-order valence-corrected chi connectivity index (χ4v) is 72.7. The molecule has 0 N–H and O–H groups in total. The molecule has 6 aliphatic rings. The minimum atomic E-state index is -2.02. The first-order chi connectivity index (χ1) is 20.1. The van der Waals surface area contributed by atoms with Gasteiger partial charge in [-0.25, -0.2) is 0 Å². The molecule has 0 bridgehead atoms. The third kappa shape index (κ3) is 6.19. The second-order valence-corrected chi connectivity index (χ2v) is 42.2. The topological polar surface area (TPSA) is 0 Å². The summed E-state index contributed by atoms with van der Waals surface area (Å²) in [4.78, 5) is 0. The Morgan fingerprint density at radius 3 is 0.561 bits per heavy atom. The standard InChI is InChI=1S/2C18H33P.2ClH.Ni/c2*1-4-10-16(11-5-1)19(17-12-6-2-7-13-17)18-14-8-3-9-15-18;;;/h2*16-18H,1-15H2;2*1H;. The zero-order valence-electron chi connectivity index (χ0n) is 26.7. The van der Waals surface area contributed by atoms with Gasteiger partial charge in [-0.15, -0.1) is 0 Å². The van der Waals surface area contributed by atoms with Crippen LogP contribution in [0.15, 0.2) is 0 Å². The molecule has 0 saturated heterocycles. The molecule has 0 aromatic carbocycles. The van der Waals surface area contributed by atoms with Crippen molar-refractivity contribution in [3.63, 3.8) is 0 Å². The molecule has 0 amide bonds. The van der Waals surface area contributed by atoms with Crippen LogP contribution in [0.4, 0.5) is 0 Å². The van der Waals surface area contributed by atoms with Crippen molar-refractivity contribution in [3.8, 4) is 0 Å². The van der Waals surface area contributed by atoms with Crippen molar-refractivity contribution in [1.82, 2.24) is 0 Å². The molecule has 0 nitrogen and oxygen atoms in total. The molecule has 0 heterocycles. The van der Waals surface area contributed by atoms with E-state index >= 15 is 0 Å². The van der Waals surface area contributed by atoms with E-state index in [1.807, 2.05) is 0 Å². The predicted octanol–water partition coefficient (Wildman–Crippen LogP) is 13.8. The van der Waals surface area contributed by atoms with Crippen molar-refractivity contribution >= 4 is 32.5 Å². The molecule has 6 saturated carbocycles. The monoisotopic (exact) mass is 690 g/mol. The van der Waals surface area contributed by atoms with Crippen molar-refractivity contribution < 1.29 is 9.74 Å². The van der Waals surface area contributed by atoms with Crippen LogP contribution < -0.4 is 0 Å². The van der Waals surface area contributed by atoms with Gasteiger partial charge in [0.1, 0.15) is 0 Å². The summed E-state index contributed by atoms with van der Waals surface area (Å²) in [6.07, 6.45) is 45.2.